The van der Waals surface area contributed by atoms with Gasteiger partial charge in [0.25, 0.3) is 11.5 Å². The molecule has 1 amide bonds. The van der Waals surface area contributed by atoms with Gasteiger partial charge in [0, 0.05) is 25.9 Å². The Bertz CT molecular complexity index is 1210. The maximum atomic E-state index is 13.0. The Morgan fingerprint density at radius 2 is 1.79 bits per heavy atom. The Labute approximate surface area is 160 Å². The summed E-state index contributed by atoms with van der Waals surface area (Å²) < 4.78 is 12.6. The van der Waals surface area contributed by atoms with Crippen LogP contribution in [0.15, 0.2) is 33.9 Å². The first-order chi connectivity index (χ1) is 13.3. The number of hydrogen-bond donors (Lipinski definition) is 1. The number of nitrogens with one attached hydrogen (secondary N) is 1. The lowest BCUT2D eigenvalue weighted by atomic mass is 10.1. The van der Waals surface area contributed by atoms with Crippen LogP contribution in [0.1, 0.15) is 16.1 Å². The van der Waals surface area contributed by atoms with Gasteiger partial charge >= 0.3 is 5.69 Å². The standard InChI is InChI=1S/C19H20N4O5/c1-10-8-12(15-16(20-10)22(2)19(26)23(3)18(15)25)17(24)21-13-7-6-11(27-4)9-14(13)28-5/h6-9H,1-5H3,(H,21,24). The van der Waals surface area contributed by atoms with Crippen molar-refractivity contribution in [2.75, 3.05) is 19.5 Å². The number of amides is 1. The molecule has 2 heterocycles. The third-order valence-corrected chi connectivity index (χ3v) is 4.44. The van der Waals surface area contributed by atoms with Gasteiger partial charge in [-0.25, -0.2) is 9.78 Å². The summed E-state index contributed by atoms with van der Waals surface area (Å²) in [6, 6.07) is 6.46. The van der Waals surface area contributed by atoms with E-state index in [1.165, 1.54) is 38.9 Å². The smallest absolute Gasteiger partial charge is 0.332 e. The van der Waals surface area contributed by atoms with Gasteiger partial charge in [0.2, 0.25) is 0 Å². The van der Waals surface area contributed by atoms with E-state index >= 15 is 0 Å². The number of rotatable bonds is 4. The highest BCUT2D eigenvalue weighted by Crippen LogP contribution is 2.29. The number of carbonyl (C=O) groups is 1. The number of fused-ring (bicyclic) bond motifs is 1. The molecule has 0 aliphatic rings. The number of aromatic nitrogens is 3. The molecule has 0 unspecified atom stereocenters. The minimum absolute atomic E-state index is 0.0696. The van der Waals surface area contributed by atoms with Gasteiger partial charge in [-0.2, -0.15) is 0 Å². The molecule has 1 N–H and O–H groups in total. The van der Waals surface area contributed by atoms with Crippen LogP contribution < -0.4 is 26.0 Å². The molecule has 0 fully saturated rings. The summed E-state index contributed by atoms with van der Waals surface area (Å²) in [7, 11) is 5.86. The van der Waals surface area contributed by atoms with E-state index in [4.69, 9.17) is 9.47 Å². The Kier molecular flexibility index (Phi) is 4.91. The van der Waals surface area contributed by atoms with Gasteiger partial charge in [0.1, 0.15) is 17.1 Å². The van der Waals surface area contributed by atoms with Crippen molar-refractivity contribution in [2.45, 2.75) is 6.92 Å². The number of carbonyl (C=O) groups excluding carboxylic acids is 1. The predicted octanol–water partition coefficient (Wildman–Crippen LogP) is 1.21. The molecule has 0 atom stereocenters. The Morgan fingerprint density at radius 1 is 1.07 bits per heavy atom. The Morgan fingerprint density at radius 3 is 2.43 bits per heavy atom. The van der Waals surface area contributed by atoms with E-state index < -0.39 is 17.2 Å². The van der Waals surface area contributed by atoms with Crippen molar-refractivity contribution in [3.05, 3.63) is 56.4 Å². The molecule has 0 radical (unpaired) electrons. The van der Waals surface area contributed by atoms with Gasteiger partial charge in [0.05, 0.1) is 30.9 Å². The normalized spacial score (nSPS) is 10.8. The summed E-state index contributed by atoms with van der Waals surface area (Å²) >= 11 is 0. The zero-order chi connectivity index (χ0) is 20.6. The molecule has 3 aromatic rings. The predicted molar refractivity (Wildman–Crippen MR) is 104 cm³/mol. The molecule has 2 aromatic heterocycles. The zero-order valence-corrected chi connectivity index (χ0v) is 16.2. The van der Waals surface area contributed by atoms with Crippen LogP contribution in [-0.2, 0) is 14.1 Å². The van der Waals surface area contributed by atoms with Gasteiger partial charge < -0.3 is 14.8 Å². The first-order valence-corrected chi connectivity index (χ1v) is 8.39. The molecule has 1 aromatic carbocycles. The van der Waals surface area contributed by atoms with Gasteiger partial charge in [-0.05, 0) is 25.1 Å². The van der Waals surface area contributed by atoms with E-state index in [1.807, 2.05) is 0 Å². The minimum Gasteiger partial charge on any atom is -0.497 e. The topological polar surface area (TPSA) is 104 Å². The van der Waals surface area contributed by atoms with Crippen LogP contribution in [0.5, 0.6) is 11.5 Å². The second-order valence-electron chi connectivity index (χ2n) is 6.24. The van der Waals surface area contributed by atoms with Crippen molar-refractivity contribution in [1.29, 1.82) is 0 Å². The number of anilines is 1. The molecule has 0 spiro atoms. The minimum atomic E-state index is -0.586. The van der Waals surface area contributed by atoms with Crippen molar-refractivity contribution >= 4 is 22.6 Å². The second-order valence-corrected chi connectivity index (χ2v) is 6.24. The molecule has 28 heavy (non-hydrogen) atoms. The summed E-state index contributed by atoms with van der Waals surface area (Å²) in [5.41, 5.74) is 0.0907. The first kappa shape index (κ1) is 19.2. The number of aryl methyl sites for hydroxylation is 2. The first-order valence-electron chi connectivity index (χ1n) is 8.39. The Hall–Kier alpha value is -3.62. The van der Waals surface area contributed by atoms with E-state index in [1.54, 1.807) is 25.1 Å². The van der Waals surface area contributed by atoms with Crippen LogP contribution in [0.2, 0.25) is 0 Å². The highest BCUT2D eigenvalue weighted by molar-refractivity contribution is 6.12. The number of hydrogen-bond acceptors (Lipinski definition) is 6. The van der Waals surface area contributed by atoms with Crippen LogP contribution in [0, 0.1) is 6.92 Å². The molecule has 0 bridgehead atoms. The van der Waals surface area contributed by atoms with E-state index in [0.717, 1.165) is 4.57 Å². The number of ether oxygens (including phenoxy) is 2. The molecule has 3 rings (SSSR count). The third kappa shape index (κ3) is 3.11. The van der Waals surface area contributed by atoms with Crippen molar-refractivity contribution in [1.82, 2.24) is 14.1 Å². The van der Waals surface area contributed by atoms with Gasteiger partial charge in [-0.1, -0.05) is 0 Å². The lowest BCUT2D eigenvalue weighted by Gasteiger charge is -2.14. The lowest BCUT2D eigenvalue weighted by molar-refractivity contribution is 0.102. The van der Waals surface area contributed by atoms with Crippen molar-refractivity contribution in [3.8, 4) is 11.5 Å². The fraction of sp³-hybridized carbons (Fsp3) is 0.263. The second kappa shape index (κ2) is 7.18. The molecule has 0 saturated heterocycles. The SMILES string of the molecule is COc1ccc(NC(=O)c2cc(C)nc3c2c(=O)n(C)c(=O)n3C)c(OC)c1. The highest BCUT2D eigenvalue weighted by atomic mass is 16.5. The molecule has 9 heteroatoms. The number of methoxy groups -OCH3 is 2. The zero-order valence-electron chi connectivity index (χ0n) is 16.2. The number of nitrogens with zero attached hydrogens (tertiary/aromatic N) is 3. The third-order valence-electron chi connectivity index (χ3n) is 4.44. The van der Waals surface area contributed by atoms with Gasteiger partial charge in [0.15, 0.2) is 0 Å². The summed E-state index contributed by atoms with van der Waals surface area (Å²) in [4.78, 5) is 42.1. The summed E-state index contributed by atoms with van der Waals surface area (Å²) in [5, 5.41) is 2.82. The van der Waals surface area contributed by atoms with Gasteiger partial charge in [-0.3, -0.25) is 18.7 Å². The van der Waals surface area contributed by atoms with Crippen molar-refractivity contribution < 1.29 is 14.3 Å². The van der Waals surface area contributed by atoms with E-state index in [2.05, 4.69) is 10.3 Å². The molecule has 0 saturated carbocycles. The van der Waals surface area contributed by atoms with Crippen LogP contribution >= 0.6 is 0 Å². The van der Waals surface area contributed by atoms with E-state index in [0.29, 0.717) is 22.9 Å². The average molecular weight is 384 g/mol. The van der Waals surface area contributed by atoms with E-state index in [-0.39, 0.29) is 16.6 Å². The molecule has 9 nitrogen and oxygen atoms in total. The quantitative estimate of drug-likeness (QED) is 0.725. The monoisotopic (exact) mass is 384 g/mol. The lowest BCUT2D eigenvalue weighted by Crippen LogP contribution is -2.38. The molecular formula is C19H20N4O5. The highest BCUT2D eigenvalue weighted by Gasteiger charge is 2.20. The Balaban J connectivity index is 2.18. The molecule has 146 valence electrons. The summed E-state index contributed by atoms with van der Waals surface area (Å²) in [6.07, 6.45) is 0. The molecule has 0 aliphatic heterocycles. The molecule has 0 aliphatic carbocycles. The van der Waals surface area contributed by atoms with Crippen LogP contribution in [0.4, 0.5) is 5.69 Å². The van der Waals surface area contributed by atoms with Crippen LogP contribution in [0.25, 0.3) is 11.0 Å². The van der Waals surface area contributed by atoms with Crippen molar-refractivity contribution in [2.24, 2.45) is 14.1 Å². The summed E-state index contributed by atoms with van der Waals surface area (Å²) in [6.45, 7) is 1.69. The maximum absolute atomic E-state index is 13.0. The number of pyridine rings is 1. The average Bonchev–Trinajstić information content (AvgIpc) is 2.70. The number of benzene rings is 1. The summed E-state index contributed by atoms with van der Waals surface area (Å²) in [5.74, 6) is 0.460. The molecular weight excluding hydrogens is 364 g/mol. The van der Waals surface area contributed by atoms with Crippen LogP contribution in [0.3, 0.4) is 0 Å². The van der Waals surface area contributed by atoms with Crippen LogP contribution in [-0.4, -0.2) is 34.2 Å². The van der Waals surface area contributed by atoms with Gasteiger partial charge in [-0.15, -0.1) is 0 Å². The fourth-order valence-electron chi connectivity index (χ4n) is 2.95. The van der Waals surface area contributed by atoms with Crippen molar-refractivity contribution in [3.63, 3.8) is 0 Å². The van der Waals surface area contributed by atoms with E-state index in [9.17, 15) is 14.4 Å². The largest absolute Gasteiger partial charge is 0.497 e. The fourth-order valence-corrected chi connectivity index (χ4v) is 2.95. The maximum Gasteiger partial charge on any atom is 0.332 e.